The topological polar surface area (TPSA) is 84.0 Å². The fraction of sp³-hybridized carbons (Fsp3) is 0.133. The van der Waals surface area contributed by atoms with Gasteiger partial charge in [-0.15, -0.1) is 0 Å². The van der Waals surface area contributed by atoms with E-state index < -0.39 is 15.7 Å². The summed E-state index contributed by atoms with van der Waals surface area (Å²) in [4.78, 5) is -0.216. The van der Waals surface area contributed by atoms with Crippen molar-refractivity contribution in [3.05, 3.63) is 58.9 Å². The van der Waals surface area contributed by atoms with Gasteiger partial charge in [-0.1, -0.05) is 6.07 Å². The van der Waals surface area contributed by atoms with Crippen LogP contribution >= 0.6 is 0 Å². The predicted molar refractivity (Wildman–Crippen MR) is 77.6 cm³/mol. The number of hydrogen-bond acceptors (Lipinski definition) is 4. The van der Waals surface area contributed by atoms with Crippen molar-refractivity contribution in [2.75, 3.05) is 5.73 Å². The Morgan fingerprint density at radius 1 is 1.24 bits per heavy atom. The second-order valence-electron chi connectivity index (χ2n) is 4.69. The van der Waals surface area contributed by atoms with Gasteiger partial charge in [-0.3, -0.25) is 0 Å². The number of nitrogens with two attached hydrogens (primary N) is 1. The Bertz CT molecular complexity index is 839. The van der Waals surface area contributed by atoms with Gasteiger partial charge in [-0.05, 0) is 48.4 Å². The minimum Gasteiger partial charge on any atom is -0.398 e. The molecule has 0 saturated heterocycles. The monoisotopic (exact) mass is 304 g/mol. The molecule has 0 saturated carbocycles. The first-order chi connectivity index (χ1) is 9.83. The van der Waals surface area contributed by atoms with Crippen molar-refractivity contribution in [2.45, 2.75) is 17.6 Å². The smallest absolute Gasteiger partial charge is 0.184 e. The quantitative estimate of drug-likeness (QED) is 0.883. The van der Waals surface area contributed by atoms with Gasteiger partial charge < -0.3 is 5.73 Å². The molecule has 0 aliphatic heterocycles. The molecule has 0 aromatic heterocycles. The zero-order chi connectivity index (χ0) is 15.6. The molecule has 4 nitrogen and oxygen atoms in total. The molecule has 2 rings (SSSR count). The number of nitriles is 1. The van der Waals surface area contributed by atoms with E-state index in [9.17, 15) is 12.8 Å². The van der Waals surface area contributed by atoms with Crippen LogP contribution in [0.5, 0.6) is 0 Å². The van der Waals surface area contributed by atoms with E-state index in [1.54, 1.807) is 25.1 Å². The maximum Gasteiger partial charge on any atom is 0.184 e. The lowest BCUT2D eigenvalue weighted by Gasteiger charge is -2.10. The van der Waals surface area contributed by atoms with E-state index in [1.165, 1.54) is 6.07 Å². The maximum atomic E-state index is 13.2. The molecule has 21 heavy (non-hydrogen) atoms. The minimum atomic E-state index is -3.76. The van der Waals surface area contributed by atoms with Crippen molar-refractivity contribution in [3.63, 3.8) is 0 Å². The summed E-state index contributed by atoms with van der Waals surface area (Å²) in [6, 6.07) is 9.99. The van der Waals surface area contributed by atoms with Crippen LogP contribution in [0.1, 0.15) is 16.7 Å². The van der Waals surface area contributed by atoms with Crippen molar-refractivity contribution >= 4 is 15.5 Å². The molecule has 2 N–H and O–H groups in total. The number of hydrogen-bond donors (Lipinski definition) is 1. The normalized spacial score (nSPS) is 11.1. The lowest BCUT2D eigenvalue weighted by atomic mass is 10.1. The Hall–Kier alpha value is -2.39. The molecule has 0 amide bonds. The van der Waals surface area contributed by atoms with Crippen molar-refractivity contribution in [1.82, 2.24) is 0 Å². The fourth-order valence-electron chi connectivity index (χ4n) is 1.99. The Morgan fingerprint density at radius 2 is 1.95 bits per heavy atom. The summed E-state index contributed by atoms with van der Waals surface area (Å²) in [5.41, 5.74) is 7.34. The first-order valence-corrected chi connectivity index (χ1v) is 7.76. The summed E-state index contributed by atoms with van der Waals surface area (Å²) in [5.74, 6) is -0.947. The van der Waals surface area contributed by atoms with Crippen molar-refractivity contribution < 1.29 is 12.8 Å². The van der Waals surface area contributed by atoms with Crippen LogP contribution in [0.4, 0.5) is 10.1 Å². The maximum absolute atomic E-state index is 13.2. The van der Waals surface area contributed by atoms with Crippen LogP contribution in [0.2, 0.25) is 0 Å². The van der Waals surface area contributed by atoms with Crippen LogP contribution in [0.15, 0.2) is 41.3 Å². The highest BCUT2D eigenvalue weighted by Gasteiger charge is 2.20. The molecule has 0 aliphatic rings. The van der Waals surface area contributed by atoms with Crippen LogP contribution in [0.3, 0.4) is 0 Å². The van der Waals surface area contributed by atoms with Crippen LogP contribution in [0, 0.1) is 24.1 Å². The second-order valence-corrected chi connectivity index (χ2v) is 6.65. The highest BCUT2D eigenvalue weighted by molar-refractivity contribution is 7.90. The van der Waals surface area contributed by atoms with Gasteiger partial charge in [-0.25, -0.2) is 12.8 Å². The molecule has 0 radical (unpaired) electrons. The lowest BCUT2D eigenvalue weighted by Crippen LogP contribution is -2.09. The van der Waals surface area contributed by atoms with Gasteiger partial charge in [0.15, 0.2) is 9.84 Å². The summed E-state index contributed by atoms with van der Waals surface area (Å²) in [7, 11) is -3.76. The molecule has 6 heteroatoms. The molecule has 108 valence electrons. The number of benzene rings is 2. The molecule has 0 fully saturated rings. The Morgan fingerprint density at radius 3 is 2.57 bits per heavy atom. The van der Waals surface area contributed by atoms with E-state index in [1.807, 2.05) is 6.07 Å². The molecule has 0 heterocycles. The number of halogens is 1. The average Bonchev–Trinajstić information content (AvgIpc) is 2.43. The third kappa shape index (κ3) is 3.20. The van der Waals surface area contributed by atoms with Gasteiger partial charge >= 0.3 is 0 Å². The van der Waals surface area contributed by atoms with Crippen LogP contribution in [0.25, 0.3) is 0 Å². The molecule has 0 atom stereocenters. The number of rotatable bonds is 3. The van der Waals surface area contributed by atoms with Crippen LogP contribution in [-0.4, -0.2) is 8.42 Å². The van der Waals surface area contributed by atoms with E-state index in [0.717, 1.165) is 12.1 Å². The van der Waals surface area contributed by atoms with Crippen molar-refractivity contribution in [3.8, 4) is 6.07 Å². The zero-order valence-electron chi connectivity index (χ0n) is 11.3. The van der Waals surface area contributed by atoms with Crippen molar-refractivity contribution in [2.24, 2.45) is 0 Å². The molecule has 2 aromatic carbocycles. The largest absolute Gasteiger partial charge is 0.398 e. The summed E-state index contributed by atoms with van der Waals surface area (Å²) in [5, 5.41) is 8.80. The third-order valence-corrected chi connectivity index (χ3v) is 4.84. The number of aryl methyl sites for hydroxylation is 1. The number of anilines is 1. The Labute approximate surface area is 122 Å². The van der Waals surface area contributed by atoms with E-state index >= 15 is 0 Å². The van der Waals surface area contributed by atoms with E-state index in [2.05, 4.69) is 0 Å². The zero-order valence-corrected chi connectivity index (χ0v) is 12.1. The van der Waals surface area contributed by atoms with Crippen LogP contribution < -0.4 is 5.73 Å². The molecule has 2 aromatic rings. The summed E-state index contributed by atoms with van der Waals surface area (Å²) >= 11 is 0. The average molecular weight is 304 g/mol. The van der Waals surface area contributed by atoms with Gasteiger partial charge in [0.25, 0.3) is 0 Å². The number of nitrogens with zero attached hydrogens (tertiary/aromatic N) is 1. The molecule has 0 bridgehead atoms. The Kier molecular flexibility index (Phi) is 3.96. The third-order valence-electron chi connectivity index (χ3n) is 3.13. The van der Waals surface area contributed by atoms with Gasteiger partial charge in [0.1, 0.15) is 5.82 Å². The fourth-order valence-corrected chi connectivity index (χ4v) is 3.60. The van der Waals surface area contributed by atoms with Crippen molar-refractivity contribution in [1.29, 1.82) is 5.26 Å². The van der Waals surface area contributed by atoms with Gasteiger partial charge in [0.05, 0.1) is 28.0 Å². The minimum absolute atomic E-state index is 0.0164. The van der Waals surface area contributed by atoms with Gasteiger partial charge in [-0.2, -0.15) is 5.26 Å². The molecular formula is C15H13FN2O2S. The predicted octanol–water partition coefficient (Wildman–Crippen LogP) is 2.56. The van der Waals surface area contributed by atoms with E-state index in [-0.39, 0.29) is 16.3 Å². The highest BCUT2D eigenvalue weighted by Crippen LogP contribution is 2.24. The SMILES string of the molecule is Cc1cc(C#N)ccc1CS(=O)(=O)c1cc(F)ccc1N. The van der Waals surface area contributed by atoms with Crippen LogP contribution in [-0.2, 0) is 15.6 Å². The van der Waals surface area contributed by atoms with E-state index in [4.69, 9.17) is 11.0 Å². The van der Waals surface area contributed by atoms with Gasteiger partial charge in [0.2, 0.25) is 0 Å². The standard InChI is InChI=1S/C15H13FN2O2S/c1-10-6-11(8-17)2-3-12(10)9-21(19,20)15-7-13(16)4-5-14(15)18/h2-7H,9,18H2,1H3. The Balaban J connectivity index is 2.43. The molecule has 0 unspecified atom stereocenters. The first-order valence-electron chi connectivity index (χ1n) is 6.11. The highest BCUT2D eigenvalue weighted by atomic mass is 32.2. The van der Waals surface area contributed by atoms with Gasteiger partial charge in [0, 0.05) is 0 Å². The summed E-state index contributed by atoms with van der Waals surface area (Å²) < 4.78 is 38.0. The number of sulfone groups is 1. The van der Waals surface area contributed by atoms with E-state index in [0.29, 0.717) is 16.7 Å². The summed E-state index contributed by atoms with van der Waals surface area (Å²) in [6.07, 6.45) is 0. The summed E-state index contributed by atoms with van der Waals surface area (Å²) in [6.45, 7) is 1.72. The lowest BCUT2D eigenvalue weighted by molar-refractivity contribution is 0.590. The molecule has 0 spiro atoms. The number of nitrogen functional groups attached to an aromatic ring is 1. The second kappa shape index (κ2) is 5.54. The molecule has 0 aliphatic carbocycles. The first kappa shape index (κ1) is 15.0. The molecular weight excluding hydrogens is 291 g/mol.